The number of rotatable bonds is 9. The van der Waals surface area contributed by atoms with Gasteiger partial charge in [0, 0.05) is 45.2 Å². The Bertz CT molecular complexity index is 937. The number of benzene rings is 2. The highest BCUT2D eigenvalue weighted by molar-refractivity contribution is 6.36. The fraction of sp³-hybridized carbons (Fsp3) is 0.304. The normalized spacial score (nSPS) is 13.9. The summed E-state index contributed by atoms with van der Waals surface area (Å²) in [5.41, 5.74) is 2.63. The first kappa shape index (κ1) is 21.5. The molecule has 0 atom stereocenters. The van der Waals surface area contributed by atoms with Crippen LogP contribution in [-0.4, -0.2) is 50.6 Å². The van der Waals surface area contributed by atoms with Crippen LogP contribution in [0.4, 0.5) is 15.8 Å². The van der Waals surface area contributed by atoms with Gasteiger partial charge < -0.3 is 15.0 Å². The Hall–Kier alpha value is -3.19. The monoisotopic (exact) mass is 411 g/mol. The number of ether oxygens (including phenoxy) is 1. The molecule has 1 N–H and O–H groups in total. The largest absolute Gasteiger partial charge is 0.382 e. The molecule has 0 saturated heterocycles. The van der Waals surface area contributed by atoms with Crippen molar-refractivity contribution in [3.05, 3.63) is 65.6 Å². The number of hydrogen-bond donors (Lipinski definition) is 1. The van der Waals surface area contributed by atoms with E-state index in [1.165, 1.54) is 29.2 Å². The van der Waals surface area contributed by atoms with Crippen LogP contribution in [0.2, 0.25) is 0 Å². The van der Waals surface area contributed by atoms with E-state index in [2.05, 4.69) is 5.32 Å². The summed E-state index contributed by atoms with van der Waals surface area (Å²) < 4.78 is 18.7. The van der Waals surface area contributed by atoms with Gasteiger partial charge in [-0.3, -0.25) is 14.5 Å². The first-order valence-corrected chi connectivity index (χ1v) is 9.91. The smallest absolute Gasteiger partial charge is 0.278 e. The molecule has 1 aliphatic rings. The van der Waals surface area contributed by atoms with Crippen LogP contribution in [0.25, 0.3) is 5.57 Å². The maximum Gasteiger partial charge on any atom is 0.278 e. The number of amides is 2. The van der Waals surface area contributed by atoms with Gasteiger partial charge in [0.15, 0.2) is 0 Å². The maximum absolute atomic E-state index is 13.4. The minimum atomic E-state index is -0.404. The van der Waals surface area contributed by atoms with E-state index in [4.69, 9.17) is 4.74 Å². The molecule has 1 aliphatic heterocycles. The molecule has 0 saturated carbocycles. The van der Waals surface area contributed by atoms with E-state index >= 15 is 0 Å². The van der Waals surface area contributed by atoms with Crippen LogP contribution in [0.5, 0.6) is 0 Å². The molecule has 158 valence electrons. The summed E-state index contributed by atoms with van der Waals surface area (Å²) in [6.45, 7) is 3.20. The second-order valence-electron chi connectivity index (χ2n) is 7.14. The molecule has 7 heteroatoms. The minimum absolute atomic E-state index is 0.195. The van der Waals surface area contributed by atoms with E-state index in [-0.39, 0.29) is 17.8 Å². The Kier molecular flexibility index (Phi) is 6.84. The molecule has 3 rings (SSSR count). The highest BCUT2D eigenvalue weighted by Crippen LogP contribution is 2.31. The average Bonchev–Trinajstić information content (AvgIpc) is 2.96. The van der Waals surface area contributed by atoms with E-state index in [1.54, 1.807) is 0 Å². The van der Waals surface area contributed by atoms with Gasteiger partial charge in [-0.25, -0.2) is 4.39 Å². The number of halogens is 1. The zero-order chi connectivity index (χ0) is 21.7. The fourth-order valence-corrected chi connectivity index (χ4v) is 3.24. The first-order chi connectivity index (χ1) is 14.4. The number of carbonyl (C=O) groups excluding carboxylic acids is 2. The Morgan fingerprint density at radius 2 is 1.67 bits per heavy atom. The Balaban J connectivity index is 1.91. The van der Waals surface area contributed by atoms with Crippen LogP contribution in [0.1, 0.15) is 18.9 Å². The maximum atomic E-state index is 13.4. The Morgan fingerprint density at radius 3 is 2.27 bits per heavy atom. The van der Waals surface area contributed by atoms with Crippen LogP contribution < -0.4 is 10.2 Å². The van der Waals surface area contributed by atoms with Crippen molar-refractivity contribution >= 4 is 28.8 Å². The molecule has 0 unspecified atom stereocenters. The molecule has 30 heavy (non-hydrogen) atoms. The Morgan fingerprint density at radius 1 is 1.00 bits per heavy atom. The third-order valence-electron chi connectivity index (χ3n) is 4.83. The molecule has 0 aliphatic carbocycles. The van der Waals surface area contributed by atoms with Crippen LogP contribution in [0.3, 0.4) is 0 Å². The van der Waals surface area contributed by atoms with E-state index in [0.717, 1.165) is 5.69 Å². The molecule has 2 amide bonds. The number of anilines is 2. The minimum Gasteiger partial charge on any atom is -0.382 e. The van der Waals surface area contributed by atoms with Gasteiger partial charge in [0.2, 0.25) is 0 Å². The standard InChI is InChI=1S/C23H26FN3O3/c1-4-30-15-5-14-27-22(28)20(16-6-8-17(24)9-7-16)21(23(27)29)25-18-10-12-19(13-11-18)26(2)3/h6-13,25H,4-5,14-15H2,1-3H3. The first-order valence-electron chi connectivity index (χ1n) is 9.91. The summed E-state index contributed by atoms with van der Waals surface area (Å²) in [5, 5.41) is 3.11. The molecule has 0 aromatic heterocycles. The van der Waals surface area contributed by atoms with Gasteiger partial charge in [0.1, 0.15) is 11.5 Å². The van der Waals surface area contributed by atoms with Crippen molar-refractivity contribution in [3.8, 4) is 0 Å². The summed E-state index contributed by atoms with van der Waals surface area (Å²) in [4.78, 5) is 29.3. The molecule has 0 bridgehead atoms. The van der Waals surface area contributed by atoms with E-state index in [1.807, 2.05) is 50.2 Å². The summed E-state index contributed by atoms with van der Waals surface area (Å²) in [5.74, 6) is -1.19. The van der Waals surface area contributed by atoms with Gasteiger partial charge >= 0.3 is 0 Å². The molecular formula is C23H26FN3O3. The van der Waals surface area contributed by atoms with Crippen molar-refractivity contribution in [3.63, 3.8) is 0 Å². The average molecular weight is 411 g/mol. The van der Waals surface area contributed by atoms with Gasteiger partial charge in [-0.1, -0.05) is 12.1 Å². The van der Waals surface area contributed by atoms with Crippen molar-refractivity contribution in [2.24, 2.45) is 0 Å². The summed E-state index contributed by atoms with van der Waals surface area (Å²) in [7, 11) is 3.88. The predicted octanol–water partition coefficient (Wildman–Crippen LogP) is 3.51. The van der Waals surface area contributed by atoms with Gasteiger partial charge in [-0.05, 0) is 55.3 Å². The van der Waals surface area contributed by atoms with Gasteiger partial charge in [0.05, 0.1) is 5.57 Å². The second kappa shape index (κ2) is 9.54. The van der Waals surface area contributed by atoms with Crippen molar-refractivity contribution < 1.29 is 18.7 Å². The van der Waals surface area contributed by atoms with Gasteiger partial charge in [-0.15, -0.1) is 0 Å². The summed E-state index contributed by atoms with van der Waals surface area (Å²) in [6.07, 6.45) is 0.548. The Labute approximate surface area is 175 Å². The lowest BCUT2D eigenvalue weighted by Gasteiger charge is -2.16. The lowest BCUT2D eigenvalue weighted by Crippen LogP contribution is -2.34. The lowest BCUT2D eigenvalue weighted by molar-refractivity contribution is -0.137. The highest BCUT2D eigenvalue weighted by atomic mass is 19.1. The van der Waals surface area contributed by atoms with Crippen molar-refractivity contribution in [2.45, 2.75) is 13.3 Å². The van der Waals surface area contributed by atoms with Crippen molar-refractivity contribution in [1.82, 2.24) is 4.90 Å². The number of carbonyl (C=O) groups is 2. The predicted molar refractivity (Wildman–Crippen MR) is 116 cm³/mol. The van der Waals surface area contributed by atoms with Crippen LogP contribution in [-0.2, 0) is 14.3 Å². The molecule has 0 radical (unpaired) electrons. The van der Waals surface area contributed by atoms with E-state index < -0.39 is 17.6 Å². The third kappa shape index (κ3) is 4.68. The summed E-state index contributed by atoms with van der Waals surface area (Å²) in [6, 6.07) is 13.1. The number of hydrogen-bond acceptors (Lipinski definition) is 5. The van der Waals surface area contributed by atoms with Crippen molar-refractivity contribution in [2.75, 3.05) is 44.1 Å². The molecule has 0 spiro atoms. The molecule has 2 aromatic carbocycles. The second-order valence-corrected chi connectivity index (χ2v) is 7.14. The SMILES string of the molecule is CCOCCCN1C(=O)C(Nc2ccc(N(C)C)cc2)=C(c2ccc(F)cc2)C1=O. The molecular weight excluding hydrogens is 385 g/mol. The number of nitrogens with one attached hydrogen (secondary N) is 1. The van der Waals surface area contributed by atoms with E-state index in [0.29, 0.717) is 30.9 Å². The van der Waals surface area contributed by atoms with Crippen molar-refractivity contribution in [1.29, 1.82) is 0 Å². The zero-order valence-corrected chi connectivity index (χ0v) is 17.4. The van der Waals surface area contributed by atoms with Crippen LogP contribution in [0.15, 0.2) is 54.2 Å². The zero-order valence-electron chi connectivity index (χ0n) is 17.4. The molecule has 1 heterocycles. The van der Waals surface area contributed by atoms with Crippen LogP contribution in [0, 0.1) is 5.82 Å². The van der Waals surface area contributed by atoms with Crippen LogP contribution >= 0.6 is 0 Å². The molecule has 0 fully saturated rings. The molecule has 2 aromatic rings. The molecule has 6 nitrogen and oxygen atoms in total. The fourth-order valence-electron chi connectivity index (χ4n) is 3.24. The van der Waals surface area contributed by atoms with Gasteiger partial charge in [0.25, 0.3) is 11.8 Å². The number of imide groups is 1. The lowest BCUT2D eigenvalue weighted by atomic mass is 10.0. The topological polar surface area (TPSA) is 61.9 Å². The number of nitrogens with zero attached hydrogens (tertiary/aromatic N) is 2. The highest BCUT2D eigenvalue weighted by Gasteiger charge is 2.38. The summed E-state index contributed by atoms with van der Waals surface area (Å²) >= 11 is 0. The van der Waals surface area contributed by atoms with E-state index in [9.17, 15) is 14.0 Å². The van der Waals surface area contributed by atoms with Gasteiger partial charge in [-0.2, -0.15) is 0 Å². The quantitative estimate of drug-likeness (QED) is 0.505. The third-order valence-corrected chi connectivity index (χ3v) is 4.83.